The van der Waals surface area contributed by atoms with E-state index < -0.39 is 0 Å². The van der Waals surface area contributed by atoms with Crippen LogP contribution in [0.3, 0.4) is 0 Å². The minimum Gasteiger partial charge on any atom is -0.489 e. The van der Waals surface area contributed by atoms with Crippen molar-refractivity contribution < 1.29 is 9.15 Å². The SMILES string of the molecule is C=C(C)COc1ccc2c(=O)ccoc2c1. The Morgan fingerprint density at radius 3 is 3.00 bits per heavy atom. The van der Waals surface area contributed by atoms with Crippen LogP contribution in [-0.4, -0.2) is 6.61 Å². The zero-order chi connectivity index (χ0) is 11.5. The van der Waals surface area contributed by atoms with Gasteiger partial charge in [-0.2, -0.15) is 0 Å². The lowest BCUT2D eigenvalue weighted by atomic mass is 10.2. The van der Waals surface area contributed by atoms with Gasteiger partial charge in [-0.25, -0.2) is 0 Å². The van der Waals surface area contributed by atoms with Crippen LogP contribution in [0.2, 0.25) is 0 Å². The van der Waals surface area contributed by atoms with Gasteiger partial charge in [0.05, 0.1) is 11.6 Å². The van der Waals surface area contributed by atoms with E-state index >= 15 is 0 Å². The Hall–Kier alpha value is -2.03. The third kappa shape index (κ3) is 2.14. The Morgan fingerprint density at radius 1 is 1.44 bits per heavy atom. The lowest BCUT2D eigenvalue weighted by molar-refractivity contribution is 0.352. The molecular formula is C13H12O3. The quantitative estimate of drug-likeness (QED) is 0.740. The van der Waals surface area contributed by atoms with Crippen LogP contribution < -0.4 is 10.2 Å². The van der Waals surface area contributed by atoms with Gasteiger partial charge in [-0.3, -0.25) is 4.79 Å². The average Bonchev–Trinajstić information content (AvgIpc) is 2.26. The maximum atomic E-state index is 11.4. The Kier molecular flexibility index (Phi) is 2.77. The molecule has 82 valence electrons. The summed E-state index contributed by atoms with van der Waals surface area (Å²) in [4.78, 5) is 11.4. The van der Waals surface area contributed by atoms with Gasteiger partial charge in [0.2, 0.25) is 0 Å². The first-order valence-corrected chi connectivity index (χ1v) is 4.95. The number of rotatable bonds is 3. The molecule has 0 unspecified atom stereocenters. The number of hydrogen-bond donors (Lipinski definition) is 0. The molecule has 1 heterocycles. The van der Waals surface area contributed by atoms with E-state index in [1.807, 2.05) is 6.92 Å². The van der Waals surface area contributed by atoms with Crippen LogP contribution in [0, 0.1) is 0 Å². The standard InChI is InChI=1S/C13H12O3/c1-9(2)8-16-10-3-4-11-12(14)5-6-15-13(11)7-10/h3-7H,1,8H2,2H3. The second kappa shape index (κ2) is 4.23. The maximum Gasteiger partial charge on any atom is 0.192 e. The van der Waals surface area contributed by atoms with E-state index in [4.69, 9.17) is 9.15 Å². The van der Waals surface area contributed by atoms with Gasteiger partial charge < -0.3 is 9.15 Å². The van der Waals surface area contributed by atoms with Crippen molar-refractivity contribution in [3.05, 3.63) is 52.9 Å². The second-order valence-electron chi connectivity index (χ2n) is 3.69. The number of benzene rings is 1. The van der Waals surface area contributed by atoms with E-state index in [0.29, 0.717) is 23.3 Å². The van der Waals surface area contributed by atoms with Crippen molar-refractivity contribution in [2.45, 2.75) is 6.92 Å². The molecule has 0 saturated carbocycles. The van der Waals surface area contributed by atoms with Crippen LogP contribution in [0.25, 0.3) is 11.0 Å². The minimum absolute atomic E-state index is 0.0484. The van der Waals surface area contributed by atoms with Gasteiger partial charge in [-0.1, -0.05) is 6.58 Å². The largest absolute Gasteiger partial charge is 0.489 e. The Morgan fingerprint density at radius 2 is 2.25 bits per heavy atom. The molecular weight excluding hydrogens is 204 g/mol. The van der Waals surface area contributed by atoms with Crippen molar-refractivity contribution >= 4 is 11.0 Å². The summed E-state index contributed by atoms with van der Waals surface area (Å²) >= 11 is 0. The fourth-order valence-electron chi connectivity index (χ4n) is 1.36. The van der Waals surface area contributed by atoms with Crippen LogP contribution in [0.4, 0.5) is 0 Å². The Balaban J connectivity index is 2.37. The van der Waals surface area contributed by atoms with Crippen LogP contribution in [0.15, 0.2) is 51.9 Å². The molecule has 0 saturated heterocycles. The van der Waals surface area contributed by atoms with Crippen LogP contribution in [0.5, 0.6) is 5.75 Å². The van der Waals surface area contributed by atoms with Gasteiger partial charge in [-0.05, 0) is 24.6 Å². The molecule has 0 fully saturated rings. The predicted molar refractivity (Wildman–Crippen MR) is 62.8 cm³/mol. The summed E-state index contributed by atoms with van der Waals surface area (Å²) in [5.74, 6) is 0.671. The zero-order valence-corrected chi connectivity index (χ0v) is 9.03. The predicted octanol–water partition coefficient (Wildman–Crippen LogP) is 2.75. The maximum absolute atomic E-state index is 11.4. The normalized spacial score (nSPS) is 10.3. The summed E-state index contributed by atoms with van der Waals surface area (Å²) in [5.41, 5.74) is 1.43. The van der Waals surface area contributed by atoms with Gasteiger partial charge in [0.25, 0.3) is 0 Å². The molecule has 0 N–H and O–H groups in total. The molecule has 0 aliphatic rings. The molecule has 3 nitrogen and oxygen atoms in total. The van der Waals surface area contributed by atoms with Crippen LogP contribution >= 0.6 is 0 Å². The fourth-order valence-corrected chi connectivity index (χ4v) is 1.36. The molecule has 2 aromatic rings. The molecule has 0 aliphatic carbocycles. The first kappa shape index (κ1) is 10.5. The number of ether oxygens (including phenoxy) is 1. The first-order chi connectivity index (χ1) is 7.66. The van der Waals surface area contributed by atoms with E-state index in [1.54, 1.807) is 18.2 Å². The third-order valence-corrected chi connectivity index (χ3v) is 2.12. The summed E-state index contributed by atoms with van der Waals surface area (Å²) in [6.07, 6.45) is 1.38. The molecule has 0 aliphatic heterocycles. The Labute approximate surface area is 93.0 Å². The van der Waals surface area contributed by atoms with Gasteiger partial charge >= 0.3 is 0 Å². The molecule has 0 spiro atoms. The smallest absolute Gasteiger partial charge is 0.192 e. The summed E-state index contributed by atoms with van der Waals surface area (Å²) < 4.78 is 10.7. The summed E-state index contributed by atoms with van der Waals surface area (Å²) in [6, 6.07) is 6.56. The highest BCUT2D eigenvalue weighted by Crippen LogP contribution is 2.18. The van der Waals surface area contributed by atoms with E-state index in [1.165, 1.54) is 12.3 Å². The third-order valence-electron chi connectivity index (χ3n) is 2.12. The zero-order valence-electron chi connectivity index (χ0n) is 9.03. The van der Waals surface area contributed by atoms with E-state index in [-0.39, 0.29) is 5.43 Å². The summed E-state index contributed by atoms with van der Waals surface area (Å²) in [5, 5.41) is 0.560. The Bertz CT molecular complexity index is 581. The van der Waals surface area contributed by atoms with Crippen molar-refractivity contribution in [3.63, 3.8) is 0 Å². The van der Waals surface area contributed by atoms with E-state index in [2.05, 4.69) is 6.58 Å². The molecule has 2 rings (SSSR count). The van der Waals surface area contributed by atoms with Gasteiger partial charge in [0.15, 0.2) is 5.43 Å². The fraction of sp³-hybridized carbons (Fsp3) is 0.154. The van der Waals surface area contributed by atoms with Gasteiger partial charge in [-0.15, -0.1) is 0 Å². The lowest BCUT2D eigenvalue weighted by Gasteiger charge is -2.05. The summed E-state index contributed by atoms with van der Waals surface area (Å²) in [7, 11) is 0. The van der Waals surface area contributed by atoms with Gasteiger partial charge in [0.1, 0.15) is 17.9 Å². The monoisotopic (exact) mass is 216 g/mol. The highest BCUT2D eigenvalue weighted by molar-refractivity contribution is 5.77. The average molecular weight is 216 g/mol. The molecule has 16 heavy (non-hydrogen) atoms. The van der Waals surface area contributed by atoms with Crippen molar-refractivity contribution in [1.82, 2.24) is 0 Å². The molecule has 0 atom stereocenters. The molecule has 1 aromatic carbocycles. The molecule has 1 aromatic heterocycles. The number of fused-ring (bicyclic) bond motifs is 1. The lowest BCUT2D eigenvalue weighted by Crippen LogP contribution is -2.00. The van der Waals surface area contributed by atoms with Crippen molar-refractivity contribution in [1.29, 1.82) is 0 Å². The molecule has 0 radical (unpaired) electrons. The topological polar surface area (TPSA) is 39.4 Å². The van der Waals surface area contributed by atoms with Gasteiger partial charge in [0, 0.05) is 12.1 Å². The highest BCUT2D eigenvalue weighted by atomic mass is 16.5. The van der Waals surface area contributed by atoms with Crippen LogP contribution in [0.1, 0.15) is 6.92 Å². The highest BCUT2D eigenvalue weighted by Gasteiger charge is 2.02. The van der Waals surface area contributed by atoms with E-state index in [9.17, 15) is 4.79 Å². The van der Waals surface area contributed by atoms with Crippen molar-refractivity contribution in [3.8, 4) is 5.75 Å². The molecule has 3 heteroatoms. The molecule has 0 amide bonds. The minimum atomic E-state index is -0.0484. The number of hydrogen-bond acceptors (Lipinski definition) is 3. The molecule has 0 bridgehead atoms. The van der Waals surface area contributed by atoms with Crippen LogP contribution in [-0.2, 0) is 0 Å². The second-order valence-corrected chi connectivity index (χ2v) is 3.69. The van der Waals surface area contributed by atoms with Crippen molar-refractivity contribution in [2.75, 3.05) is 6.61 Å². The first-order valence-electron chi connectivity index (χ1n) is 4.95. The summed E-state index contributed by atoms with van der Waals surface area (Å²) in [6.45, 7) is 6.10. The van der Waals surface area contributed by atoms with E-state index in [0.717, 1.165) is 5.57 Å². The van der Waals surface area contributed by atoms with Crippen molar-refractivity contribution in [2.24, 2.45) is 0 Å².